The minimum Gasteiger partial charge on any atom is -0.497 e. The van der Waals surface area contributed by atoms with Gasteiger partial charge in [0.15, 0.2) is 11.5 Å². The van der Waals surface area contributed by atoms with Gasteiger partial charge in [0.2, 0.25) is 0 Å². The molecule has 3 heteroatoms. The van der Waals surface area contributed by atoms with Crippen LogP contribution in [-0.2, 0) is 12.8 Å². The molecule has 2 aliphatic rings. The summed E-state index contributed by atoms with van der Waals surface area (Å²) < 4.78 is 16.5. The highest BCUT2D eigenvalue weighted by Gasteiger charge is 2.36. The lowest BCUT2D eigenvalue weighted by Gasteiger charge is -2.39. The maximum Gasteiger partial charge on any atom is 0.161 e. The highest BCUT2D eigenvalue weighted by Crippen LogP contribution is 2.49. The van der Waals surface area contributed by atoms with Crippen molar-refractivity contribution in [1.29, 1.82) is 0 Å². The van der Waals surface area contributed by atoms with E-state index in [-0.39, 0.29) is 0 Å². The van der Waals surface area contributed by atoms with Crippen molar-refractivity contribution in [2.45, 2.75) is 31.6 Å². The molecule has 0 heterocycles. The largest absolute Gasteiger partial charge is 0.497 e. The summed E-state index contributed by atoms with van der Waals surface area (Å²) in [6.07, 6.45) is 4.77. The minimum atomic E-state index is 0.461. The second-order valence-corrected chi connectivity index (χ2v) is 6.79. The van der Waals surface area contributed by atoms with Gasteiger partial charge in [-0.25, -0.2) is 0 Å². The number of methoxy groups -OCH3 is 3. The van der Waals surface area contributed by atoms with E-state index in [0.29, 0.717) is 5.92 Å². The summed E-state index contributed by atoms with van der Waals surface area (Å²) in [7, 11) is 5.16. The molecular weight excluding hydrogens is 300 g/mol. The number of rotatable bonds is 3. The van der Waals surface area contributed by atoms with Crippen molar-refractivity contribution < 1.29 is 14.2 Å². The standard InChI is InChI=1S/C21H24O3/c1-22-16-8-9-17-14(10-16)6-4-13-5-7-15-11-19(23-2)20(24-3)12-18(15)21(13)17/h8-13,21H,4-7H2,1-3H3. The molecule has 3 nitrogen and oxygen atoms in total. The van der Waals surface area contributed by atoms with Crippen molar-refractivity contribution in [2.24, 2.45) is 5.92 Å². The number of benzene rings is 2. The van der Waals surface area contributed by atoms with Gasteiger partial charge in [0.25, 0.3) is 0 Å². The molecule has 0 fully saturated rings. The third-order valence-corrected chi connectivity index (χ3v) is 5.71. The number of fused-ring (bicyclic) bond motifs is 5. The summed E-state index contributed by atoms with van der Waals surface area (Å²) in [5.41, 5.74) is 5.70. The Hall–Kier alpha value is -2.16. The van der Waals surface area contributed by atoms with E-state index in [1.807, 2.05) is 0 Å². The molecule has 0 bridgehead atoms. The predicted octanol–water partition coefficient (Wildman–Crippen LogP) is 4.35. The van der Waals surface area contributed by atoms with Gasteiger partial charge >= 0.3 is 0 Å². The Balaban J connectivity index is 1.85. The SMILES string of the molecule is COc1ccc2c(c1)CCC1CCc3cc(OC)c(OC)cc3C21. The average molecular weight is 324 g/mol. The van der Waals surface area contributed by atoms with Crippen LogP contribution in [0.15, 0.2) is 30.3 Å². The topological polar surface area (TPSA) is 27.7 Å². The molecule has 2 unspecified atom stereocenters. The van der Waals surface area contributed by atoms with E-state index >= 15 is 0 Å². The summed E-state index contributed by atoms with van der Waals surface area (Å²) in [5, 5.41) is 0. The van der Waals surface area contributed by atoms with E-state index < -0.39 is 0 Å². The Morgan fingerprint density at radius 3 is 2.08 bits per heavy atom. The number of hydrogen-bond acceptors (Lipinski definition) is 3. The van der Waals surface area contributed by atoms with Crippen molar-refractivity contribution in [3.05, 3.63) is 52.6 Å². The normalized spacial score (nSPS) is 21.3. The highest BCUT2D eigenvalue weighted by molar-refractivity contribution is 5.54. The number of ether oxygens (including phenoxy) is 3. The van der Waals surface area contributed by atoms with Crippen LogP contribution in [0.25, 0.3) is 0 Å². The fourth-order valence-electron chi connectivity index (χ4n) is 4.51. The minimum absolute atomic E-state index is 0.461. The Bertz CT molecular complexity index is 766. The smallest absolute Gasteiger partial charge is 0.161 e. The highest BCUT2D eigenvalue weighted by atomic mass is 16.5. The quantitative estimate of drug-likeness (QED) is 0.840. The maximum atomic E-state index is 5.56. The molecule has 2 atom stereocenters. The Labute approximate surface area is 143 Å². The summed E-state index contributed by atoms with van der Waals surface area (Å²) in [6, 6.07) is 10.9. The van der Waals surface area contributed by atoms with Crippen LogP contribution in [0.3, 0.4) is 0 Å². The first-order chi connectivity index (χ1) is 11.7. The first-order valence-corrected chi connectivity index (χ1v) is 8.66. The molecule has 24 heavy (non-hydrogen) atoms. The molecule has 0 saturated heterocycles. The molecule has 0 aromatic heterocycles. The van der Waals surface area contributed by atoms with Gasteiger partial charge in [0, 0.05) is 5.92 Å². The first-order valence-electron chi connectivity index (χ1n) is 8.66. The lowest BCUT2D eigenvalue weighted by Crippen LogP contribution is -2.27. The molecule has 0 spiro atoms. The summed E-state index contributed by atoms with van der Waals surface area (Å²) in [5.74, 6) is 3.80. The van der Waals surface area contributed by atoms with Crippen LogP contribution < -0.4 is 14.2 Å². The Kier molecular flexibility index (Phi) is 3.87. The van der Waals surface area contributed by atoms with Gasteiger partial charge in [-0.2, -0.15) is 0 Å². The number of aryl methyl sites for hydroxylation is 2. The van der Waals surface area contributed by atoms with Crippen molar-refractivity contribution in [2.75, 3.05) is 21.3 Å². The molecule has 0 radical (unpaired) electrons. The molecule has 2 aromatic carbocycles. The van der Waals surface area contributed by atoms with Crippen LogP contribution in [0, 0.1) is 5.92 Å². The molecule has 0 amide bonds. The fourth-order valence-corrected chi connectivity index (χ4v) is 4.51. The van der Waals surface area contributed by atoms with E-state index in [2.05, 4.69) is 30.3 Å². The van der Waals surface area contributed by atoms with E-state index in [9.17, 15) is 0 Å². The molecule has 0 N–H and O–H groups in total. The fraction of sp³-hybridized carbons (Fsp3) is 0.429. The van der Waals surface area contributed by atoms with Crippen molar-refractivity contribution >= 4 is 0 Å². The molecule has 0 saturated carbocycles. The van der Waals surface area contributed by atoms with Crippen molar-refractivity contribution in [1.82, 2.24) is 0 Å². The zero-order chi connectivity index (χ0) is 16.7. The van der Waals surface area contributed by atoms with Crippen molar-refractivity contribution in [3.63, 3.8) is 0 Å². The third-order valence-electron chi connectivity index (χ3n) is 5.71. The van der Waals surface area contributed by atoms with Crippen LogP contribution in [0.2, 0.25) is 0 Å². The molecule has 0 aliphatic heterocycles. The van der Waals surface area contributed by atoms with Gasteiger partial charge in [-0.1, -0.05) is 6.07 Å². The summed E-state index contributed by atoms with van der Waals surface area (Å²) >= 11 is 0. The summed E-state index contributed by atoms with van der Waals surface area (Å²) in [4.78, 5) is 0. The van der Waals surface area contributed by atoms with Gasteiger partial charge in [-0.15, -0.1) is 0 Å². The van der Waals surface area contributed by atoms with E-state index in [1.165, 1.54) is 35.1 Å². The van der Waals surface area contributed by atoms with Crippen LogP contribution >= 0.6 is 0 Å². The van der Waals surface area contributed by atoms with Gasteiger partial charge < -0.3 is 14.2 Å². The monoisotopic (exact) mass is 324 g/mol. The summed E-state index contributed by atoms with van der Waals surface area (Å²) in [6.45, 7) is 0. The molecule has 2 aliphatic carbocycles. The number of hydrogen-bond donors (Lipinski definition) is 0. The van der Waals surface area contributed by atoms with Gasteiger partial charge in [-0.05, 0) is 78.1 Å². The predicted molar refractivity (Wildman–Crippen MR) is 94.5 cm³/mol. The van der Waals surface area contributed by atoms with Crippen molar-refractivity contribution in [3.8, 4) is 17.2 Å². The van der Waals surface area contributed by atoms with Gasteiger partial charge in [0.1, 0.15) is 5.75 Å². The van der Waals surface area contributed by atoms with Gasteiger partial charge in [-0.3, -0.25) is 0 Å². The van der Waals surface area contributed by atoms with Crippen LogP contribution in [0.4, 0.5) is 0 Å². The molecule has 126 valence electrons. The first kappa shape index (κ1) is 15.4. The van der Waals surface area contributed by atoms with E-state index in [1.54, 1.807) is 21.3 Å². The van der Waals surface area contributed by atoms with E-state index in [4.69, 9.17) is 14.2 Å². The van der Waals surface area contributed by atoms with Gasteiger partial charge in [0.05, 0.1) is 21.3 Å². The third kappa shape index (κ3) is 2.34. The zero-order valence-electron chi connectivity index (χ0n) is 14.6. The average Bonchev–Trinajstić information content (AvgIpc) is 2.65. The lowest BCUT2D eigenvalue weighted by atomic mass is 9.65. The maximum absolute atomic E-state index is 5.56. The second-order valence-electron chi connectivity index (χ2n) is 6.79. The Morgan fingerprint density at radius 1 is 0.750 bits per heavy atom. The lowest BCUT2D eigenvalue weighted by molar-refractivity contribution is 0.341. The zero-order valence-corrected chi connectivity index (χ0v) is 14.6. The molecular formula is C21H24O3. The molecule has 4 rings (SSSR count). The second kappa shape index (κ2) is 6.04. The van der Waals surface area contributed by atoms with Crippen LogP contribution in [0.5, 0.6) is 17.2 Å². The van der Waals surface area contributed by atoms with E-state index in [0.717, 1.165) is 36.0 Å². The van der Waals surface area contributed by atoms with Crippen LogP contribution in [0.1, 0.15) is 41.0 Å². The molecule has 2 aromatic rings. The van der Waals surface area contributed by atoms with Crippen LogP contribution in [-0.4, -0.2) is 21.3 Å². The Morgan fingerprint density at radius 2 is 1.42 bits per heavy atom.